The van der Waals surface area contributed by atoms with Gasteiger partial charge in [0.25, 0.3) is 0 Å². The molecule has 1 unspecified atom stereocenters. The van der Waals surface area contributed by atoms with Crippen molar-refractivity contribution in [2.75, 3.05) is 18.5 Å². The molecule has 27 heavy (non-hydrogen) atoms. The second-order valence-electron chi connectivity index (χ2n) is 6.89. The number of nitrogens with zero attached hydrogens (tertiary/aromatic N) is 2. The Kier molecular flexibility index (Phi) is 4.56. The van der Waals surface area contributed by atoms with Crippen molar-refractivity contribution in [3.8, 4) is 11.3 Å². The van der Waals surface area contributed by atoms with Gasteiger partial charge in [-0.3, -0.25) is 0 Å². The van der Waals surface area contributed by atoms with Gasteiger partial charge in [0.2, 0.25) is 0 Å². The first-order valence-electron chi connectivity index (χ1n) is 9.31. The summed E-state index contributed by atoms with van der Waals surface area (Å²) in [4.78, 5) is 12.7. The summed E-state index contributed by atoms with van der Waals surface area (Å²) in [7, 11) is 0. The van der Waals surface area contributed by atoms with Gasteiger partial charge >= 0.3 is 5.97 Å². The van der Waals surface area contributed by atoms with Crippen molar-refractivity contribution in [2.45, 2.75) is 32.6 Å². The first-order valence-corrected chi connectivity index (χ1v) is 9.31. The summed E-state index contributed by atoms with van der Waals surface area (Å²) in [5, 5.41) is 8.08. The van der Waals surface area contributed by atoms with E-state index >= 15 is 0 Å². The highest BCUT2D eigenvalue weighted by atomic mass is 19.1. The fourth-order valence-electron chi connectivity index (χ4n) is 3.66. The van der Waals surface area contributed by atoms with Crippen molar-refractivity contribution in [1.29, 1.82) is 0 Å². The van der Waals surface area contributed by atoms with E-state index in [1.807, 2.05) is 12.3 Å². The fraction of sp³-hybridized carbons (Fsp3) is 0.333. The zero-order valence-corrected chi connectivity index (χ0v) is 15.5. The molecule has 1 N–H and O–H groups in total. The van der Waals surface area contributed by atoms with Crippen molar-refractivity contribution in [3.63, 3.8) is 0 Å². The number of benzene rings is 1. The predicted molar refractivity (Wildman–Crippen MR) is 103 cm³/mol. The van der Waals surface area contributed by atoms with Crippen molar-refractivity contribution < 1.29 is 13.9 Å². The highest BCUT2D eigenvalue weighted by Crippen LogP contribution is 2.35. The van der Waals surface area contributed by atoms with Crippen LogP contribution in [0.4, 0.5) is 10.1 Å². The van der Waals surface area contributed by atoms with Crippen LogP contribution in [0.1, 0.15) is 48.5 Å². The number of esters is 1. The Hall–Kier alpha value is -2.89. The Balaban J connectivity index is 1.96. The van der Waals surface area contributed by atoms with Gasteiger partial charge in [0.1, 0.15) is 17.1 Å². The van der Waals surface area contributed by atoms with E-state index < -0.39 is 5.97 Å². The number of carbonyl (C=O) groups excluding carboxylic acids is 1. The van der Waals surface area contributed by atoms with Crippen LogP contribution in [0.2, 0.25) is 0 Å². The molecule has 1 aromatic carbocycles. The molecule has 3 aromatic rings. The molecular weight excluding hydrogens is 345 g/mol. The lowest BCUT2D eigenvalue weighted by Gasteiger charge is -2.13. The minimum Gasteiger partial charge on any atom is -0.462 e. The monoisotopic (exact) mass is 367 g/mol. The van der Waals surface area contributed by atoms with Crippen LogP contribution >= 0.6 is 0 Å². The molecule has 1 aliphatic heterocycles. The molecule has 2 aromatic heterocycles. The van der Waals surface area contributed by atoms with E-state index in [-0.39, 0.29) is 12.4 Å². The summed E-state index contributed by atoms with van der Waals surface area (Å²) >= 11 is 0. The summed E-state index contributed by atoms with van der Waals surface area (Å²) in [5.41, 5.74) is 4.53. The lowest BCUT2D eigenvalue weighted by atomic mass is 9.96. The standard InChI is InChI=1S/C21H22FN3O2/c1-3-27-21(26)19-18-11-16-13(2)5-4-10-23-17(16)12-25(18)24-20(19)14-6-8-15(22)9-7-14/h6-9,11-13,23H,3-5,10H2,1-2H3. The molecule has 0 bridgehead atoms. The van der Waals surface area contributed by atoms with Crippen LogP contribution in [-0.2, 0) is 4.74 Å². The molecule has 0 saturated heterocycles. The number of carbonyl (C=O) groups is 1. The van der Waals surface area contributed by atoms with E-state index in [4.69, 9.17) is 4.74 Å². The molecule has 0 saturated carbocycles. The van der Waals surface area contributed by atoms with E-state index in [0.717, 1.165) is 25.1 Å². The zero-order valence-electron chi connectivity index (χ0n) is 15.5. The first-order chi connectivity index (χ1) is 13.1. The SMILES string of the molecule is CCOC(=O)c1c(-c2ccc(F)cc2)nn2cc3c(cc12)C(C)CCCN3. The summed E-state index contributed by atoms with van der Waals surface area (Å²) < 4.78 is 20.4. The minimum absolute atomic E-state index is 0.280. The number of fused-ring (bicyclic) bond motifs is 2. The van der Waals surface area contributed by atoms with E-state index in [1.165, 1.54) is 17.7 Å². The number of aromatic nitrogens is 2. The topological polar surface area (TPSA) is 55.6 Å². The van der Waals surface area contributed by atoms with Crippen molar-refractivity contribution in [2.24, 2.45) is 0 Å². The summed E-state index contributed by atoms with van der Waals surface area (Å²) in [6, 6.07) is 8.03. The van der Waals surface area contributed by atoms with Crippen molar-refractivity contribution in [1.82, 2.24) is 9.61 Å². The van der Waals surface area contributed by atoms with Gasteiger partial charge in [0.15, 0.2) is 0 Å². The molecule has 140 valence electrons. The Labute approximate surface area is 157 Å². The second-order valence-corrected chi connectivity index (χ2v) is 6.89. The van der Waals surface area contributed by atoms with Gasteiger partial charge in [-0.2, -0.15) is 5.10 Å². The quantitative estimate of drug-likeness (QED) is 0.686. The Morgan fingerprint density at radius 2 is 2.15 bits per heavy atom. The zero-order chi connectivity index (χ0) is 19.0. The second kappa shape index (κ2) is 7.02. The Morgan fingerprint density at radius 3 is 2.89 bits per heavy atom. The average molecular weight is 367 g/mol. The number of halogens is 1. The normalized spacial score (nSPS) is 16.5. The molecule has 0 radical (unpaired) electrons. The van der Waals surface area contributed by atoms with E-state index in [2.05, 4.69) is 17.3 Å². The number of pyridine rings is 1. The molecule has 6 heteroatoms. The molecule has 0 spiro atoms. The van der Waals surface area contributed by atoms with Crippen LogP contribution in [0.15, 0.2) is 36.5 Å². The number of anilines is 1. The highest BCUT2D eigenvalue weighted by Gasteiger charge is 2.25. The van der Waals surface area contributed by atoms with E-state index in [9.17, 15) is 9.18 Å². The molecule has 1 atom stereocenters. The smallest absolute Gasteiger partial charge is 0.342 e. The van der Waals surface area contributed by atoms with Crippen LogP contribution in [-0.4, -0.2) is 28.7 Å². The predicted octanol–water partition coefficient (Wildman–Crippen LogP) is 4.63. The maximum Gasteiger partial charge on any atom is 0.342 e. The van der Waals surface area contributed by atoms with Crippen LogP contribution in [0.3, 0.4) is 0 Å². The number of hydrogen-bond acceptors (Lipinski definition) is 4. The van der Waals surface area contributed by atoms with Gasteiger partial charge in [0, 0.05) is 12.1 Å². The highest BCUT2D eigenvalue weighted by molar-refractivity contribution is 6.03. The molecule has 4 rings (SSSR count). The van der Waals surface area contributed by atoms with E-state index in [0.29, 0.717) is 28.3 Å². The molecular formula is C21H22FN3O2. The molecule has 0 amide bonds. The summed E-state index contributed by atoms with van der Waals surface area (Å²) in [5.74, 6) is -0.356. The summed E-state index contributed by atoms with van der Waals surface area (Å²) in [6.07, 6.45) is 4.12. The molecule has 3 heterocycles. The largest absolute Gasteiger partial charge is 0.462 e. The number of hydrogen-bond donors (Lipinski definition) is 1. The van der Waals surface area contributed by atoms with Crippen LogP contribution in [0, 0.1) is 5.82 Å². The lowest BCUT2D eigenvalue weighted by Crippen LogP contribution is -2.07. The third-order valence-corrected chi connectivity index (χ3v) is 5.06. The third-order valence-electron chi connectivity index (χ3n) is 5.06. The summed E-state index contributed by atoms with van der Waals surface area (Å²) in [6.45, 7) is 5.17. The van der Waals surface area contributed by atoms with Crippen molar-refractivity contribution >= 4 is 17.2 Å². The van der Waals surface area contributed by atoms with Crippen molar-refractivity contribution in [3.05, 3.63) is 53.5 Å². The third kappa shape index (κ3) is 3.16. The lowest BCUT2D eigenvalue weighted by molar-refractivity contribution is 0.0529. The minimum atomic E-state index is -0.416. The van der Waals surface area contributed by atoms with Gasteiger partial charge in [-0.1, -0.05) is 6.92 Å². The molecule has 1 aliphatic rings. The average Bonchev–Trinajstić information content (AvgIpc) is 2.93. The van der Waals surface area contributed by atoms with Gasteiger partial charge in [0.05, 0.1) is 24.0 Å². The fourth-order valence-corrected chi connectivity index (χ4v) is 3.66. The van der Waals surface area contributed by atoms with Crippen LogP contribution in [0.25, 0.3) is 16.8 Å². The maximum atomic E-state index is 13.3. The van der Waals surface area contributed by atoms with Crippen LogP contribution < -0.4 is 5.32 Å². The van der Waals surface area contributed by atoms with Gasteiger partial charge in [-0.25, -0.2) is 13.7 Å². The molecule has 0 aliphatic carbocycles. The Morgan fingerprint density at radius 1 is 1.37 bits per heavy atom. The molecule has 5 nitrogen and oxygen atoms in total. The number of nitrogens with one attached hydrogen (secondary N) is 1. The number of rotatable bonds is 3. The van der Waals surface area contributed by atoms with Gasteiger partial charge in [-0.05, 0) is 61.6 Å². The maximum absolute atomic E-state index is 13.3. The Bertz CT molecular complexity index is 995. The van der Waals surface area contributed by atoms with Gasteiger partial charge in [-0.15, -0.1) is 0 Å². The van der Waals surface area contributed by atoms with Gasteiger partial charge < -0.3 is 10.1 Å². The van der Waals surface area contributed by atoms with E-state index in [1.54, 1.807) is 23.6 Å². The number of ether oxygens (including phenoxy) is 1. The first kappa shape index (κ1) is 17.5. The molecule has 0 fully saturated rings. The van der Waals surface area contributed by atoms with Crippen LogP contribution in [0.5, 0.6) is 0 Å².